The number of nitrogens with two attached hydrogens (primary N) is 1. The fraction of sp³-hybridized carbons (Fsp3) is 0.571. The monoisotopic (exact) mass is 247 g/mol. The number of nitrogens with zero attached hydrogens (tertiary/aromatic N) is 2. The number of nitrogen functional groups attached to an aromatic ring is 1. The van der Waals surface area contributed by atoms with Crippen molar-refractivity contribution in [3.63, 3.8) is 0 Å². The van der Waals surface area contributed by atoms with E-state index in [1.807, 2.05) is 6.07 Å². The van der Waals surface area contributed by atoms with Crippen LogP contribution < -0.4 is 10.6 Å². The van der Waals surface area contributed by atoms with Crippen molar-refractivity contribution in [3.8, 4) is 0 Å². The first-order valence-electron chi connectivity index (χ1n) is 6.66. The fourth-order valence-corrected chi connectivity index (χ4v) is 2.75. The number of rotatable bonds is 2. The van der Waals surface area contributed by atoms with E-state index in [0.717, 1.165) is 45.1 Å². The molecule has 0 spiro atoms. The van der Waals surface area contributed by atoms with E-state index in [-0.39, 0.29) is 0 Å². The zero-order valence-electron chi connectivity index (χ0n) is 10.9. The molecule has 18 heavy (non-hydrogen) atoms. The molecule has 0 bridgehead atoms. The molecular weight excluding hydrogens is 226 g/mol. The Morgan fingerprint density at radius 3 is 2.39 bits per heavy atom. The smallest absolute Gasteiger partial charge is 0.0645 e. The van der Waals surface area contributed by atoms with Gasteiger partial charge in [0, 0.05) is 37.6 Å². The average Bonchev–Trinajstić information content (AvgIpc) is 2.26. The Bertz CT molecular complexity index is 403. The number of hydrogen-bond donors (Lipinski definition) is 1. The Hall–Kier alpha value is -1.26. The van der Waals surface area contributed by atoms with Crippen molar-refractivity contribution in [2.24, 2.45) is 0 Å². The van der Waals surface area contributed by atoms with E-state index in [2.05, 4.69) is 28.9 Å². The molecule has 4 nitrogen and oxygen atoms in total. The summed E-state index contributed by atoms with van der Waals surface area (Å²) < 4.78 is 5.26. The lowest BCUT2D eigenvalue weighted by atomic mass is 10.1. The van der Waals surface area contributed by atoms with Crippen LogP contribution in [0.3, 0.4) is 0 Å². The Balaban J connectivity index is 1.64. The summed E-state index contributed by atoms with van der Waals surface area (Å²) in [6, 6.07) is 6.98. The van der Waals surface area contributed by atoms with Crippen LogP contribution in [0, 0.1) is 6.92 Å². The molecule has 2 aliphatic rings. The summed E-state index contributed by atoms with van der Waals surface area (Å²) in [5, 5.41) is 0. The second-order valence-corrected chi connectivity index (χ2v) is 5.32. The molecule has 0 aromatic heterocycles. The second kappa shape index (κ2) is 4.78. The quantitative estimate of drug-likeness (QED) is 0.795. The van der Waals surface area contributed by atoms with E-state index >= 15 is 0 Å². The minimum absolute atomic E-state index is 0.662. The molecule has 2 fully saturated rings. The largest absolute Gasteiger partial charge is 0.399 e. The number of anilines is 2. The molecule has 0 aliphatic carbocycles. The molecule has 98 valence electrons. The van der Waals surface area contributed by atoms with Crippen molar-refractivity contribution in [2.75, 3.05) is 50.0 Å². The maximum Gasteiger partial charge on any atom is 0.0645 e. The normalized spacial score (nSPS) is 21.9. The predicted molar refractivity (Wildman–Crippen MR) is 74.0 cm³/mol. The summed E-state index contributed by atoms with van der Waals surface area (Å²) >= 11 is 0. The SMILES string of the molecule is Cc1cc(N)cc(N2CCN(C3COC3)CC2)c1. The lowest BCUT2D eigenvalue weighted by molar-refractivity contribution is -0.0660. The van der Waals surface area contributed by atoms with Gasteiger partial charge in [-0.2, -0.15) is 0 Å². The van der Waals surface area contributed by atoms with E-state index in [0.29, 0.717) is 6.04 Å². The summed E-state index contributed by atoms with van der Waals surface area (Å²) in [7, 11) is 0. The predicted octanol–water partition coefficient (Wildman–Crippen LogP) is 1.10. The highest BCUT2D eigenvalue weighted by Gasteiger charge is 2.28. The highest BCUT2D eigenvalue weighted by atomic mass is 16.5. The van der Waals surface area contributed by atoms with Gasteiger partial charge in [0.25, 0.3) is 0 Å². The topological polar surface area (TPSA) is 41.7 Å². The Morgan fingerprint density at radius 2 is 1.83 bits per heavy atom. The van der Waals surface area contributed by atoms with E-state index in [9.17, 15) is 0 Å². The van der Waals surface area contributed by atoms with Gasteiger partial charge in [-0.05, 0) is 30.7 Å². The van der Waals surface area contributed by atoms with Crippen molar-refractivity contribution in [3.05, 3.63) is 23.8 Å². The highest BCUT2D eigenvalue weighted by molar-refractivity contribution is 5.58. The molecule has 3 rings (SSSR count). The third-order valence-corrected chi connectivity index (χ3v) is 3.90. The van der Waals surface area contributed by atoms with Gasteiger partial charge >= 0.3 is 0 Å². The first kappa shape index (κ1) is 11.8. The Kier molecular flexibility index (Phi) is 3.14. The number of ether oxygens (including phenoxy) is 1. The Labute approximate surface area is 108 Å². The molecule has 0 radical (unpaired) electrons. The zero-order chi connectivity index (χ0) is 12.5. The van der Waals surface area contributed by atoms with Crippen LogP contribution in [-0.2, 0) is 4.74 Å². The number of piperazine rings is 1. The van der Waals surface area contributed by atoms with Gasteiger partial charge in [0.15, 0.2) is 0 Å². The van der Waals surface area contributed by atoms with Crippen LogP contribution in [0.25, 0.3) is 0 Å². The van der Waals surface area contributed by atoms with Gasteiger partial charge in [0.2, 0.25) is 0 Å². The van der Waals surface area contributed by atoms with Crippen LogP contribution in [0.4, 0.5) is 11.4 Å². The number of aryl methyl sites for hydroxylation is 1. The summed E-state index contributed by atoms with van der Waals surface area (Å²) in [4.78, 5) is 4.97. The molecule has 2 saturated heterocycles. The van der Waals surface area contributed by atoms with Crippen molar-refractivity contribution >= 4 is 11.4 Å². The van der Waals surface area contributed by atoms with Gasteiger partial charge in [0.05, 0.1) is 19.3 Å². The van der Waals surface area contributed by atoms with Gasteiger partial charge in [-0.1, -0.05) is 0 Å². The Morgan fingerprint density at radius 1 is 1.11 bits per heavy atom. The van der Waals surface area contributed by atoms with Gasteiger partial charge in [-0.15, -0.1) is 0 Å². The van der Waals surface area contributed by atoms with Gasteiger partial charge in [0.1, 0.15) is 0 Å². The van der Waals surface area contributed by atoms with Crippen LogP contribution in [0.5, 0.6) is 0 Å². The van der Waals surface area contributed by atoms with E-state index < -0.39 is 0 Å². The van der Waals surface area contributed by atoms with E-state index in [1.165, 1.54) is 11.3 Å². The lowest BCUT2D eigenvalue weighted by Crippen LogP contribution is -2.56. The molecule has 2 aliphatic heterocycles. The van der Waals surface area contributed by atoms with Crippen molar-refractivity contribution in [1.29, 1.82) is 0 Å². The van der Waals surface area contributed by atoms with Crippen LogP contribution in [0.15, 0.2) is 18.2 Å². The van der Waals surface area contributed by atoms with E-state index in [4.69, 9.17) is 10.5 Å². The van der Waals surface area contributed by atoms with Crippen LogP contribution >= 0.6 is 0 Å². The van der Waals surface area contributed by atoms with Crippen LogP contribution in [-0.4, -0.2) is 50.3 Å². The summed E-state index contributed by atoms with van der Waals surface area (Å²) in [5.41, 5.74) is 9.28. The second-order valence-electron chi connectivity index (χ2n) is 5.32. The molecule has 1 aromatic rings. The molecule has 0 saturated carbocycles. The lowest BCUT2D eigenvalue weighted by Gasteiger charge is -2.43. The summed E-state index contributed by atoms with van der Waals surface area (Å²) in [5.74, 6) is 0. The maximum absolute atomic E-state index is 5.92. The molecule has 2 heterocycles. The number of benzene rings is 1. The molecule has 4 heteroatoms. The highest BCUT2D eigenvalue weighted by Crippen LogP contribution is 2.23. The standard InChI is InChI=1S/C14H21N3O/c1-11-6-12(15)8-13(7-11)16-2-4-17(5-3-16)14-9-18-10-14/h6-8,14H,2-5,9-10,15H2,1H3. The van der Waals surface area contributed by atoms with Crippen molar-refractivity contribution < 1.29 is 4.74 Å². The van der Waals surface area contributed by atoms with Gasteiger partial charge < -0.3 is 15.4 Å². The van der Waals surface area contributed by atoms with Crippen LogP contribution in [0.2, 0.25) is 0 Å². The molecular formula is C14H21N3O. The summed E-state index contributed by atoms with van der Waals surface area (Å²) in [6.07, 6.45) is 0. The molecule has 0 amide bonds. The van der Waals surface area contributed by atoms with Crippen molar-refractivity contribution in [2.45, 2.75) is 13.0 Å². The first-order chi connectivity index (χ1) is 8.72. The van der Waals surface area contributed by atoms with Gasteiger partial charge in [-0.3, -0.25) is 4.90 Å². The molecule has 2 N–H and O–H groups in total. The molecule has 0 atom stereocenters. The van der Waals surface area contributed by atoms with Crippen LogP contribution in [0.1, 0.15) is 5.56 Å². The molecule has 0 unspecified atom stereocenters. The van der Waals surface area contributed by atoms with E-state index in [1.54, 1.807) is 0 Å². The third-order valence-electron chi connectivity index (χ3n) is 3.90. The fourth-order valence-electron chi connectivity index (χ4n) is 2.75. The average molecular weight is 247 g/mol. The first-order valence-corrected chi connectivity index (χ1v) is 6.66. The zero-order valence-corrected chi connectivity index (χ0v) is 10.9. The third kappa shape index (κ3) is 2.31. The summed E-state index contributed by atoms with van der Waals surface area (Å²) in [6.45, 7) is 8.35. The van der Waals surface area contributed by atoms with Gasteiger partial charge in [-0.25, -0.2) is 0 Å². The minimum atomic E-state index is 0.662. The van der Waals surface area contributed by atoms with Crippen molar-refractivity contribution in [1.82, 2.24) is 4.90 Å². The minimum Gasteiger partial charge on any atom is -0.399 e. The molecule has 1 aromatic carbocycles. The maximum atomic E-state index is 5.92. The number of hydrogen-bond acceptors (Lipinski definition) is 4.